The molecule has 1 nitrogen and oxygen atoms in total. The van der Waals surface area contributed by atoms with Crippen LogP contribution in [-0.2, 0) is 0 Å². The van der Waals surface area contributed by atoms with Crippen molar-refractivity contribution in [3.05, 3.63) is 41.3 Å². The van der Waals surface area contributed by atoms with Crippen LogP contribution in [0.1, 0.15) is 16.6 Å². The van der Waals surface area contributed by atoms with Gasteiger partial charge in [-0.3, -0.25) is 4.79 Å². The summed E-state index contributed by atoms with van der Waals surface area (Å²) in [4.78, 5) is 14.1. The van der Waals surface area contributed by atoms with Crippen LogP contribution in [0.25, 0.3) is 0 Å². The van der Waals surface area contributed by atoms with Crippen LogP contribution in [0.4, 0.5) is 0 Å². The molecule has 16 heavy (non-hydrogen) atoms. The van der Waals surface area contributed by atoms with Gasteiger partial charge in [0.15, 0.2) is 5.78 Å². The number of rotatable bonds is 3. The Balaban J connectivity index is 2.14. The van der Waals surface area contributed by atoms with Gasteiger partial charge >= 0.3 is 0 Å². The van der Waals surface area contributed by atoms with Gasteiger partial charge in [0.2, 0.25) is 0 Å². The lowest BCUT2D eigenvalue weighted by Crippen LogP contribution is -1.83. The first-order valence-electron chi connectivity index (χ1n) is 4.73. The molecule has 2 aromatic rings. The topological polar surface area (TPSA) is 17.1 Å². The van der Waals surface area contributed by atoms with Gasteiger partial charge in [-0.1, -0.05) is 11.8 Å². The second-order valence-electron chi connectivity index (χ2n) is 3.27. The van der Waals surface area contributed by atoms with E-state index in [0.717, 1.165) is 18.9 Å². The molecule has 4 heteroatoms. The first kappa shape index (κ1) is 11.8. The molecule has 0 atom stereocenters. The normalized spacial score (nSPS) is 10.4. The van der Waals surface area contributed by atoms with Gasteiger partial charge in [-0.15, -0.1) is 24.0 Å². The van der Waals surface area contributed by atoms with Crippen molar-refractivity contribution in [1.82, 2.24) is 0 Å². The number of hydrogen-bond donors (Lipinski definition) is 1. The Bertz CT molecular complexity index is 499. The predicted octanol–water partition coefficient (Wildman–Crippen LogP) is 4.39. The average molecular weight is 266 g/mol. The third kappa shape index (κ3) is 2.90. The molecule has 0 spiro atoms. The summed E-state index contributed by atoms with van der Waals surface area (Å²) < 4.78 is 1.14. The van der Waals surface area contributed by atoms with E-state index in [0.29, 0.717) is 0 Å². The summed E-state index contributed by atoms with van der Waals surface area (Å²) in [7, 11) is 0. The number of carbonyl (C=O) groups excluding carboxylic acids is 1. The zero-order valence-corrected chi connectivity index (χ0v) is 11.2. The maximum Gasteiger partial charge on any atom is 0.169 e. The number of benzene rings is 1. The molecule has 0 saturated carbocycles. The van der Waals surface area contributed by atoms with Crippen LogP contribution in [0.15, 0.2) is 50.4 Å². The zero-order valence-electron chi connectivity index (χ0n) is 8.64. The molecule has 82 valence electrons. The Labute approximate surface area is 108 Å². The van der Waals surface area contributed by atoms with Crippen molar-refractivity contribution in [2.75, 3.05) is 0 Å². The van der Waals surface area contributed by atoms with Crippen molar-refractivity contribution < 1.29 is 4.79 Å². The molecular formula is C12H10OS3. The van der Waals surface area contributed by atoms with E-state index in [1.54, 1.807) is 18.7 Å². The Morgan fingerprint density at radius 1 is 1.19 bits per heavy atom. The van der Waals surface area contributed by atoms with Gasteiger partial charge in [-0.2, -0.15) is 0 Å². The highest BCUT2D eigenvalue weighted by Gasteiger charge is 2.05. The van der Waals surface area contributed by atoms with Crippen molar-refractivity contribution in [3.63, 3.8) is 0 Å². The molecule has 0 aliphatic carbocycles. The van der Waals surface area contributed by atoms with E-state index < -0.39 is 0 Å². The van der Waals surface area contributed by atoms with Gasteiger partial charge in [0.1, 0.15) is 0 Å². The molecule has 0 aliphatic rings. The second-order valence-corrected chi connectivity index (χ2v) is 6.24. The summed E-state index contributed by atoms with van der Waals surface area (Å²) in [5.74, 6) is 0.127. The van der Waals surface area contributed by atoms with Crippen molar-refractivity contribution >= 4 is 41.5 Å². The molecule has 2 rings (SSSR count). The molecule has 0 saturated heterocycles. The Hall–Kier alpha value is -0.710. The lowest BCUT2D eigenvalue weighted by atomic mass is 10.4. The fourth-order valence-electron chi connectivity index (χ4n) is 1.19. The Morgan fingerprint density at radius 2 is 1.88 bits per heavy atom. The van der Waals surface area contributed by atoms with Crippen LogP contribution >= 0.6 is 35.7 Å². The Morgan fingerprint density at radius 3 is 2.44 bits per heavy atom. The van der Waals surface area contributed by atoms with Crippen LogP contribution in [0.5, 0.6) is 0 Å². The van der Waals surface area contributed by atoms with Crippen LogP contribution in [0.2, 0.25) is 0 Å². The number of thiophene rings is 1. The predicted molar refractivity (Wildman–Crippen MR) is 72.1 cm³/mol. The van der Waals surface area contributed by atoms with E-state index >= 15 is 0 Å². The highest BCUT2D eigenvalue weighted by Crippen LogP contribution is 2.33. The molecule has 0 amide bonds. The van der Waals surface area contributed by atoms with Crippen molar-refractivity contribution in [1.29, 1.82) is 0 Å². The van der Waals surface area contributed by atoms with Gasteiger partial charge in [0.25, 0.3) is 0 Å². The monoisotopic (exact) mass is 266 g/mol. The number of Topliss-reactive ketones (excluding diaryl/α,β-unsaturated/α-hetero) is 1. The molecule has 0 bridgehead atoms. The molecule has 0 unspecified atom stereocenters. The standard InChI is InChI=1S/C12H10OS3/c1-8(13)11-6-7-12(16-11)15-10-4-2-9(14)3-5-10/h2-7,14H,1H3. The van der Waals surface area contributed by atoms with Crippen molar-refractivity contribution in [3.8, 4) is 0 Å². The van der Waals surface area contributed by atoms with Crippen LogP contribution in [0, 0.1) is 0 Å². The summed E-state index contributed by atoms with van der Waals surface area (Å²) in [6.07, 6.45) is 0. The minimum Gasteiger partial charge on any atom is -0.294 e. The minimum atomic E-state index is 0.127. The highest BCUT2D eigenvalue weighted by molar-refractivity contribution is 8.01. The molecule has 1 aromatic heterocycles. The average Bonchev–Trinajstić information content (AvgIpc) is 2.70. The highest BCUT2D eigenvalue weighted by atomic mass is 32.2. The fraction of sp³-hybridized carbons (Fsp3) is 0.0833. The SMILES string of the molecule is CC(=O)c1ccc(Sc2ccc(S)cc2)s1. The maximum absolute atomic E-state index is 11.1. The summed E-state index contributed by atoms with van der Waals surface area (Å²) >= 11 is 7.44. The maximum atomic E-state index is 11.1. The van der Waals surface area contributed by atoms with E-state index in [-0.39, 0.29) is 5.78 Å². The zero-order chi connectivity index (χ0) is 11.5. The van der Waals surface area contributed by atoms with E-state index in [2.05, 4.69) is 12.6 Å². The first-order valence-corrected chi connectivity index (χ1v) is 6.81. The third-order valence-corrected chi connectivity index (χ3v) is 4.61. The molecule has 0 radical (unpaired) electrons. The lowest BCUT2D eigenvalue weighted by molar-refractivity contribution is 0.102. The number of thiol groups is 1. The lowest BCUT2D eigenvalue weighted by Gasteiger charge is -1.98. The summed E-state index contributed by atoms with van der Waals surface area (Å²) in [6, 6.07) is 11.8. The first-order chi connectivity index (χ1) is 7.65. The molecule has 1 aromatic carbocycles. The van der Waals surface area contributed by atoms with Crippen LogP contribution in [0.3, 0.4) is 0 Å². The molecule has 0 fully saturated rings. The van der Waals surface area contributed by atoms with Crippen LogP contribution in [-0.4, -0.2) is 5.78 Å². The smallest absolute Gasteiger partial charge is 0.169 e. The quantitative estimate of drug-likeness (QED) is 0.655. The summed E-state index contributed by atoms with van der Waals surface area (Å²) in [5, 5.41) is 0. The second kappa shape index (κ2) is 5.08. The molecule has 0 aliphatic heterocycles. The van der Waals surface area contributed by atoms with E-state index in [1.807, 2.05) is 36.4 Å². The Kier molecular flexibility index (Phi) is 3.74. The van der Waals surface area contributed by atoms with Gasteiger partial charge in [-0.25, -0.2) is 0 Å². The van der Waals surface area contributed by atoms with Gasteiger partial charge < -0.3 is 0 Å². The largest absolute Gasteiger partial charge is 0.294 e. The van der Waals surface area contributed by atoms with E-state index in [9.17, 15) is 4.79 Å². The number of hydrogen-bond acceptors (Lipinski definition) is 4. The molecular weight excluding hydrogens is 256 g/mol. The van der Waals surface area contributed by atoms with Gasteiger partial charge in [0, 0.05) is 9.79 Å². The van der Waals surface area contributed by atoms with Crippen molar-refractivity contribution in [2.45, 2.75) is 20.9 Å². The minimum absolute atomic E-state index is 0.127. The number of carbonyl (C=O) groups is 1. The van der Waals surface area contributed by atoms with E-state index in [1.165, 1.54) is 11.3 Å². The summed E-state index contributed by atoms with van der Waals surface area (Å²) in [6.45, 7) is 1.59. The van der Waals surface area contributed by atoms with Gasteiger partial charge in [0.05, 0.1) is 9.09 Å². The molecule has 1 heterocycles. The molecule has 0 N–H and O–H groups in total. The third-order valence-electron chi connectivity index (χ3n) is 1.98. The van der Waals surface area contributed by atoms with E-state index in [4.69, 9.17) is 0 Å². The fourth-order valence-corrected chi connectivity index (χ4v) is 3.34. The number of ketones is 1. The van der Waals surface area contributed by atoms with Crippen LogP contribution < -0.4 is 0 Å². The van der Waals surface area contributed by atoms with Gasteiger partial charge in [-0.05, 0) is 43.3 Å². The summed E-state index contributed by atoms with van der Waals surface area (Å²) in [5.41, 5.74) is 0. The van der Waals surface area contributed by atoms with Crippen molar-refractivity contribution in [2.24, 2.45) is 0 Å².